The van der Waals surface area contributed by atoms with E-state index < -0.39 is 29.2 Å². The first-order chi connectivity index (χ1) is 13.7. The highest BCUT2D eigenvalue weighted by atomic mass is 19.4. The average molecular weight is 412 g/mol. The number of methoxy groups -OCH3 is 1. The van der Waals surface area contributed by atoms with Crippen LogP contribution in [0, 0.1) is 0 Å². The summed E-state index contributed by atoms with van der Waals surface area (Å²) in [4.78, 5) is 37.8. The van der Waals surface area contributed by atoms with Crippen molar-refractivity contribution in [2.45, 2.75) is 6.18 Å². The number of amides is 1. The molecule has 29 heavy (non-hydrogen) atoms. The van der Waals surface area contributed by atoms with Crippen molar-refractivity contribution in [3.05, 3.63) is 51.5 Å². The lowest BCUT2D eigenvalue weighted by Gasteiger charge is -2.15. The summed E-state index contributed by atoms with van der Waals surface area (Å²) in [5, 5.41) is 11.6. The third-order valence-electron chi connectivity index (χ3n) is 4.23. The Balaban J connectivity index is 2.00. The number of hydrogen-bond acceptors (Lipinski definition) is 7. The summed E-state index contributed by atoms with van der Waals surface area (Å²) < 4.78 is 47.8. The van der Waals surface area contributed by atoms with E-state index in [9.17, 15) is 27.6 Å². The molecule has 2 heterocycles. The number of carbonyl (C=O) groups excluding carboxylic acids is 2. The largest absolute Gasteiger partial charge is 0.466 e. The molecule has 0 fully saturated rings. The first kappa shape index (κ1) is 20.4. The predicted octanol–water partition coefficient (Wildman–Crippen LogP) is 1.49. The van der Waals surface area contributed by atoms with E-state index in [1.54, 1.807) is 0 Å². The highest BCUT2D eigenvalue weighted by Gasteiger charge is 2.36. The molecule has 0 atom stereocenters. The zero-order valence-corrected chi connectivity index (χ0v) is 15.0. The van der Waals surface area contributed by atoms with Gasteiger partial charge in [-0.15, -0.1) is 0 Å². The first-order valence-corrected chi connectivity index (χ1v) is 8.29. The number of hydrogen-bond donors (Lipinski definition) is 2. The first-order valence-electron chi connectivity index (χ1n) is 8.29. The van der Waals surface area contributed by atoms with Crippen LogP contribution in [-0.4, -0.2) is 48.7 Å². The summed E-state index contributed by atoms with van der Waals surface area (Å²) in [5.74, 6) is -2.74. The number of ether oxygens (including phenoxy) is 1. The SMILES string of the molecule is COC(=O)C1=C(Nc2ccc3oc(C(F)(F)F)cc(=O)c3c2)C(=O)N(CCO)C1. The smallest absolute Gasteiger partial charge is 0.449 e. The van der Waals surface area contributed by atoms with Crippen LogP contribution in [0.5, 0.6) is 0 Å². The molecule has 0 radical (unpaired) electrons. The standard InChI is InChI=1S/C18H15F3N2O6/c1-28-17(27)11-8-23(4-5-24)16(26)15(11)22-9-2-3-13-10(6-9)12(25)7-14(29-13)18(19,20)21/h2-3,6-7,22,24H,4-5,8H2,1H3. The van der Waals surface area contributed by atoms with E-state index >= 15 is 0 Å². The van der Waals surface area contributed by atoms with Gasteiger partial charge in [0, 0.05) is 18.3 Å². The molecule has 1 aliphatic rings. The monoisotopic (exact) mass is 412 g/mol. The Hall–Kier alpha value is -3.34. The van der Waals surface area contributed by atoms with Crippen molar-refractivity contribution in [1.82, 2.24) is 4.90 Å². The Labute approximate surface area is 161 Å². The summed E-state index contributed by atoms with van der Waals surface area (Å²) in [6, 6.07) is 4.01. The number of β-amino-alcohol motifs (C(OH)–C–C–N with tert-alkyl or cyclic N) is 1. The van der Waals surface area contributed by atoms with Gasteiger partial charge in [-0.2, -0.15) is 13.2 Å². The number of esters is 1. The zero-order valence-electron chi connectivity index (χ0n) is 15.0. The Morgan fingerprint density at radius 2 is 2.03 bits per heavy atom. The van der Waals surface area contributed by atoms with Crippen molar-refractivity contribution < 1.29 is 37.0 Å². The number of aliphatic hydroxyl groups is 1. The van der Waals surface area contributed by atoms with Crippen LogP contribution < -0.4 is 10.7 Å². The average Bonchev–Trinajstić information content (AvgIpc) is 2.97. The van der Waals surface area contributed by atoms with E-state index in [0.29, 0.717) is 6.07 Å². The molecule has 0 unspecified atom stereocenters. The third-order valence-corrected chi connectivity index (χ3v) is 4.23. The van der Waals surface area contributed by atoms with Crippen molar-refractivity contribution >= 4 is 28.5 Å². The minimum absolute atomic E-state index is 0.00790. The van der Waals surface area contributed by atoms with Crippen LogP contribution in [0.2, 0.25) is 0 Å². The number of aliphatic hydroxyl groups excluding tert-OH is 1. The van der Waals surface area contributed by atoms with Crippen molar-refractivity contribution in [3.63, 3.8) is 0 Å². The van der Waals surface area contributed by atoms with Gasteiger partial charge in [-0.3, -0.25) is 9.59 Å². The van der Waals surface area contributed by atoms with Gasteiger partial charge in [0.15, 0.2) is 5.43 Å². The van der Waals surface area contributed by atoms with Gasteiger partial charge in [0.1, 0.15) is 11.3 Å². The number of rotatable bonds is 5. The number of benzene rings is 1. The third kappa shape index (κ3) is 3.94. The fraction of sp³-hybridized carbons (Fsp3) is 0.278. The molecule has 0 aliphatic carbocycles. The van der Waals surface area contributed by atoms with E-state index in [0.717, 1.165) is 13.2 Å². The molecular formula is C18H15F3N2O6. The maximum atomic E-state index is 12.8. The van der Waals surface area contributed by atoms with Gasteiger partial charge >= 0.3 is 12.1 Å². The number of nitrogens with one attached hydrogen (secondary N) is 1. The summed E-state index contributed by atoms with van der Waals surface area (Å²) in [7, 11) is 1.14. The molecule has 1 aliphatic heterocycles. The second kappa shape index (κ2) is 7.59. The zero-order chi connectivity index (χ0) is 21.3. The van der Waals surface area contributed by atoms with Crippen LogP contribution in [0.4, 0.5) is 18.9 Å². The van der Waals surface area contributed by atoms with Crippen molar-refractivity contribution in [1.29, 1.82) is 0 Å². The summed E-state index contributed by atoms with van der Waals surface area (Å²) >= 11 is 0. The lowest BCUT2D eigenvalue weighted by molar-refractivity contribution is -0.153. The van der Waals surface area contributed by atoms with E-state index in [4.69, 9.17) is 9.52 Å². The van der Waals surface area contributed by atoms with Crippen LogP contribution in [0.25, 0.3) is 11.0 Å². The number of fused-ring (bicyclic) bond motifs is 1. The highest BCUT2D eigenvalue weighted by molar-refractivity contribution is 6.08. The van der Waals surface area contributed by atoms with Gasteiger partial charge in [-0.1, -0.05) is 0 Å². The van der Waals surface area contributed by atoms with Gasteiger partial charge in [0.25, 0.3) is 5.91 Å². The van der Waals surface area contributed by atoms with Crippen LogP contribution in [-0.2, 0) is 20.5 Å². The topological polar surface area (TPSA) is 109 Å². The Morgan fingerprint density at radius 3 is 2.66 bits per heavy atom. The molecule has 1 aromatic heterocycles. The van der Waals surface area contributed by atoms with Crippen molar-refractivity contribution in [2.75, 3.05) is 32.1 Å². The van der Waals surface area contributed by atoms with Gasteiger partial charge in [-0.05, 0) is 18.2 Å². The lowest BCUT2D eigenvalue weighted by atomic mass is 10.1. The molecule has 3 rings (SSSR count). The number of halogens is 3. The quantitative estimate of drug-likeness (QED) is 0.716. The van der Waals surface area contributed by atoms with Crippen LogP contribution in [0.3, 0.4) is 0 Å². The van der Waals surface area contributed by atoms with Gasteiger partial charge < -0.3 is 24.5 Å². The van der Waals surface area contributed by atoms with Gasteiger partial charge in [0.05, 0.1) is 31.2 Å². The van der Waals surface area contributed by atoms with Gasteiger partial charge in [0.2, 0.25) is 5.76 Å². The maximum Gasteiger partial charge on any atom is 0.449 e. The maximum absolute atomic E-state index is 12.8. The normalized spacial score (nSPS) is 14.7. The minimum Gasteiger partial charge on any atom is -0.466 e. The predicted molar refractivity (Wildman–Crippen MR) is 93.8 cm³/mol. The van der Waals surface area contributed by atoms with E-state index in [1.807, 2.05) is 0 Å². The fourth-order valence-corrected chi connectivity index (χ4v) is 2.87. The summed E-state index contributed by atoms with van der Waals surface area (Å²) in [6.07, 6.45) is -4.81. The molecule has 8 nitrogen and oxygen atoms in total. The van der Waals surface area contributed by atoms with Crippen molar-refractivity contribution in [3.8, 4) is 0 Å². The fourth-order valence-electron chi connectivity index (χ4n) is 2.87. The number of alkyl halides is 3. The van der Waals surface area contributed by atoms with E-state index in [2.05, 4.69) is 10.1 Å². The molecule has 2 aromatic rings. The summed E-state index contributed by atoms with van der Waals surface area (Å²) in [6.45, 7) is -0.406. The Morgan fingerprint density at radius 1 is 1.31 bits per heavy atom. The second-order valence-corrected chi connectivity index (χ2v) is 6.10. The molecule has 0 bridgehead atoms. The molecule has 0 spiro atoms. The van der Waals surface area contributed by atoms with Gasteiger partial charge in [-0.25, -0.2) is 4.79 Å². The second-order valence-electron chi connectivity index (χ2n) is 6.10. The van der Waals surface area contributed by atoms with E-state index in [1.165, 1.54) is 17.0 Å². The molecule has 11 heteroatoms. The number of nitrogens with zero attached hydrogens (tertiary/aromatic N) is 1. The highest BCUT2D eigenvalue weighted by Crippen LogP contribution is 2.31. The van der Waals surface area contributed by atoms with Crippen LogP contribution in [0.1, 0.15) is 5.76 Å². The number of anilines is 1. The van der Waals surface area contributed by atoms with E-state index in [-0.39, 0.29) is 47.6 Å². The Bertz CT molecular complexity index is 1070. The molecule has 0 saturated carbocycles. The molecule has 154 valence electrons. The van der Waals surface area contributed by atoms with Crippen LogP contribution in [0.15, 0.2) is 44.7 Å². The lowest BCUT2D eigenvalue weighted by Crippen LogP contribution is -2.31. The van der Waals surface area contributed by atoms with Crippen LogP contribution >= 0.6 is 0 Å². The molecule has 1 amide bonds. The van der Waals surface area contributed by atoms with Crippen molar-refractivity contribution in [2.24, 2.45) is 0 Å². The number of carbonyl (C=O) groups is 2. The Kier molecular flexibility index (Phi) is 5.33. The minimum atomic E-state index is -4.81. The molecule has 1 aromatic carbocycles. The summed E-state index contributed by atoms with van der Waals surface area (Å²) in [5.41, 5.74) is -1.10. The molecular weight excluding hydrogens is 397 g/mol. The molecule has 2 N–H and O–H groups in total. The molecule has 0 saturated heterocycles.